The van der Waals surface area contributed by atoms with Crippen LogP contribution in [0.3, 0.4) is 0 Å². The van der Waals surface area contributed by atoms with Crippen LogP contribution >= 0.6 is 15.9 Å². The van der Waals surface area contributed by atoms with Crippen LogP contribution < -0.4 is 25.9 Å². The minimum Gasteiger partial charge on any atom is -0.462 e. The van der Waals surface area contributed by atoms with Gasteiger partial charge >= 0.3 is 33.6 Å². The zero-order valence-corrected chi connectivity index (χ0v) is 31.2. The summed E-state index contributed by atoms with van der Waals surface area (Å²) in [6.07, 6.45) is -5.08. The Bertz CT molecular complexity index is 1960. The van der Waals surface area contributed by atoms with Crippen molar-refractivity contribution in [1.29, 1.82) is 0 Å². The molecule has 16 nitrogen and oxygen atoms in total. The topological polar surface area (TPSA) is 203 Å². The first kappa shape index (κ1) is 40.9. The van der Waals surface area contributed by atoms with Gasteiger partial charge in [0.15, 0.2) is 24.6 Å². The molecule has 0 amide bonds. The summed E-state index contributed by atoms with van der Waals surface area (Å²) in [6.45, 7) is 8.26. The third kappa shape index (κ3) is 9.95. The normalized spacial score (nSPS) is 24.3. The third-order valence-electron chi connectivity index (χ3n) is 7.43. The fraction of sp³-hybridized carbons (Fsp3) is 0.500. The molecule has 2 heterocycles. The van der Waals surface area contributed by atoms with E-state index in [0.29, 0.717) is 9.95 Å². The fourth-order valence-corrected chi connectivity index (χ4v) is 7.64. The highest BCUT2D eigenvalue weighted by atomic mass is 31.2. The van der Waals surface area contributed by atoms with Crippen LogP contribution in [0.2, 0.25) is 0 Å². The number of hydrogen-bond donors (Lipinski definition) is 3. The number of halogens is 2. The zero-order chi connectivity index (χ0) is 38.6. The minimum absolute atomic E-state index is 0.0953. The Kier molecular flexibility index (Phi) is 12.9. The lowest BCUT2D eigenvalue weighted by Gasteiger charge is -2.32. The number of aromatic nitrogens is 2. The predicted octanol–water partition coefficient (Wildman–Crippen LogP) is 4.72. The molecule has 1 aliphatic rings. The van der Waals surface area contributed by atoms with Crippen LogP contribution in [0.5, 0.6) is 5.75 Å². The van der Waals surface area contributed by atoms with Gasteiger partial charge in [0.05, 0.1) is 12.2 Å². The quantitative estimate of drug-likeness (QED) is 0.133. The highest BCUT2D eigenvalue weighted by molar-refractivity contribution is 7.52. The Hall–Kier alpha value is -3.89. The summed E-state index contributed by atoms with van der Waals surface area (Å²) < 4.78 is 94.3. The van der Waals surface area contributed by atoms with Crippen LogP contribution in [0.15, 0.2) is 64.3 Å². The van der Waals surface area contributed by atoms with E-state index >= 15 is 8.78 Å². The average molecular weight is 774 g/mol. The van der Waals surface area contributed by atoms with Crippen molar-refractivity contribution in [2.75, 3.05) is 6.61 Å². The van der Waals surface area contributed by atoms with E-state index in [4.69, 9.17) is 27.8 Å². The molecular formula is C32H41F2N4O12P2+. The molecular weight excluding hydrogens is 732 g/mol. The summed E-state index contributed by atoms with van der Waals surface area (Å²) in [4.78, 5) is 51.4. The molecule has 2 unspecified atom stereocenters. The van der Waals surface area contributed by atoms with Gasteiger partial charge in [-0.15, -0.1) is 4.52 Å². The van der Waals surface area contributed by atoms with E-state index in [9.17, 15) is 28.3 Å². The summed E-state index contributed by atoms with van der Waals surface area (Å²) in [5.41, 5.74) is -5.19. The molecule has 1 aromatic heterocycles. The van der Waals surface area contributed by atoms with E-state index in [0.717, 1.165) is 24.6 Å². The number of benzene rings is 2. The van der Waals surface area contributed by atoms with Gasteiger partial charge in [0.25, 0.3) is 11.4 Å². The second-order valence-corrected chi connectivity index (χ2v) is 15.4. The molecule has 1 saturated heterocycles. The van der Waals surface area contributed by atoms with Crippen molar-refractivity contribution in [2.45, 2.75) is 96.6 Å². The number of alkyl halides is 2. The largest absolute Gasteiger partial charge is 0.614 e. The lowest BCUT2D eigenvalue weighted by molar-refractivity contribution is -0.199. The van der Waals surface area contributed by atoms with Crippen molar-refractivity contribution in [2.24, 2.45) is 0 Å². The second kappa shape index (κ2) is 16.4. The molecule has 20 heteroatoms. The maximum Gasteiger partial charge on any atom is 0.614 e. The Labute approximate surface area is 298 Å². The van der Waals surface area contributed by atoms with Crippen molar-refractivity contribution in [3.05, 3.63) is 75.6 Å². The molecule has 1 fully saturated rings. The van der Waals surface area contributed by atoms with Crippen LogP contribution in [0.4, 0.5) is 8.78 Å². The maximum absolute atomic E-state index is 17.1. The molecule has 52 heavy (non-hydrogen) atoms. The first-order valence-corrected chi connectivity index (χ1v) is 18.8. The van der Waals surface area contributed by atoms with Crippen LogP contribution in [-0.4, -0.2) is 70.0 Å². The van der Waals surface area contributed by atoms with Crippen molar-refractivity contribution in [1.82, 2.24) is 19.7 Å². The lowest BCUT2D eigenvalue weighted by atomic mass is 9.97. The molecule has 0 radical (unpaired) electrons. The number of carbonyl (C=O) groups is 2. The van der Waals surface area contributed by atoms with Gasteiger partial charge in [-0.05, 0) is 75.9 Å². The molecule has 8 atom stereocenters. The van der Waals surface area contributed by atoms with E-state index in [2.05, 4.69) is 10.2 Å². The van der Waals surface area contributed by atoms with Gasteiger partial charge in [0.2, 0.25) is 0 Å². The van der Waals surface area contributed by atoms with Gasteiger partial charge in [0.1, 0.15) is 17.8 Å². The number of rotatable bonds is 16. The van der Waals surface area contributed by atoms with Crippen LogP contribution in [-0.2, 0) is 42.0 Å². The van der Waals surface area contributed by atoms with Crippen molar-refractivity contribution in [3.63, 3.8) is 0 Å². The fourth-order valence-electron chi connectivity index (χ4n) is 5.08. The summed E-state index contributed by atoms with van der Waals surface area (Å²) in [7, 11) is -8.14. The molecule has 3 N–H and O–H groups in total. The maximum atomic E-state index is 17.1. The third-order valence-corrected chi connectivity index (χ3v) is 10.0. The van der Waals surface area contributed by atoms with Gasteiger partial charge in [-0.3, -0.25) is 28.5 Å². The van der Waals surface area contributed by atoms with E-state index in [1.54, 1.807) is 58.0 Å². The zero-order valence-electron chi connectivity index (χ0n) is 29.4. The Balaban J connectivity index is 1.73. The number of nitrogens with one attached hydrogen (secondary N) is 3. The standard InChI is InChI=1S/C32H40F2N4O12P2/c1-18(2)46-26(40)20(5)36-51(43)45-17-32(34)28(31(7,33)29(48-32)38-15-14-25(39)35-30(38)42)50-52(44,37-21(6)27(41)47-19(3)4)49-24-13-12-22-10-8-9-11-23(22)16-24/h8-16,18-21,28-29H,17H2,1-7H3,(H2-,35,36,37,39,42,43,44)/p+1/t20-,21-,28-,29+,31+,32+,52?/m0/s1. The first-order valence-electron chi connectivity index (χ1n) is 16.1. The number of esters is 2. The Morgan fingerprint density at radius 1 is 0.981 bits per heavy atom. The van der Waals surface area contributed by atoms with Crippen molar-refractivity contribution in [3.8, 4) is 5.75 Å². The highest BCUT2D eigenvalue weighted by Crippen LogP contribution is 2.57. The summed E-state index contributed by atoms with van der Waals surface area (Å²) >= 11 is 0. The number of fused-ring (bicyclic) bond motifs is 1. The van der Waals surface area contributed by atoms with Gasteiger partial charge < -0.3 is 18.7 Å². The predicted molar refractivity (Wildman–Crippen MR) is 183 cm³/mol. The van der Waals surface area contributed by atoms with Crippen LogP contribution in [0.1, 0.15) is 54.7 Å². The van der Waals surface area contributed by atoms with E-state index in [-0.39, 0.29) is 5.75 Å². The SMILES string of the molecule is CC(C)OC(=O)[C@H](C)N[P+](=O)OC[C@@]1(F)O[C@@H](n2ccc(=O)[nH]c2=O)[C@](C)(F)[C@@H]1OP(=O)(N[C@@H](C)C(=O)OC(C)C)Oc1ccc2ccccc2c1. The van der Waals surface area contributed by atoms with Crippen LogP contribution in [0, 0.1) is 0 Å². The molecule has 1 aliphatic heterocycles. The smallest absolute Gasteiger partial charge is 0.462 e. The molecule has 0 spiro atoms. The summed E-state index contributed by atoms with van der Waals surface area (Å²) in [5.74, 6) is -5.31. The molecule has 0 saturated carbocycles. The highest BCUT2D eigenvalue weighted by Gasteiger charge is 2.69. The first-order chi connectivity index (χ1) is 24.2. The Morgan fingerprint density at radius 2 is 1.60 bits per heavy atom. The molecule has 2 aromatic carbocycles. The molecule has 284 valence electrons. The van der Waals surface area contributed by atoms with Gasteiger partial charge in [0, 0.05) is 12.3 Å². The molecule has 0 bridgehead atoms. The van der Waals surface area contributed by atoms with Gasteiger partial charge in [-0.1, -0.05) is 35.4 Å². The van der Waals surface area contributed by atoms with Gasteiger partial charge in [-0.25, -0.2) is 18.1 Å². The number of hydrogen-bond acceptors (Lipinski definition) is 12. The average Bonchev–Trinajstić information content (AvgIpc) is 3.23. The minimum atomic E-state index is -5.08. The summed E-state index contributed by atoms with van der Waals surface area (Å²) in [6, 6.07) is 9.77. The van der Waals surface area contributed by atoms with E-state index in [1.807, 2.05) is 4.98 Å². The Morgan fingerprint density at radius 3 is 2.21 bits per heavy atom. The van der Waals surface area contributed by atoms with E-state index < -0.39 is 93.9 Å². The second-order valence-electron chi connectivity index (χ2n) is 12.7. The molecule has 4 rings (SSSR count). The van der Waals surface area contributed by atoms with Crippen molar-refractivity contribution < 1.29 is 55.3 Å². The van der Waals surface area contributed by atoms with E-state index in [1.165, 1.54) is 26.0 Å². The monoisotopic (exact) mass is 773 g/mol. The molecule has 0 aliphatic carbocycles. The number of ether oxygens (including phenoxy) is 3. The van der Waals surface area contributed by atoms with Crippen molar-refractivity contribution >= 4 is 38.6 Å². The van der Waals surface area contributed by atoms with Crippen LogP contribution in [0.25, 0.3) is 10.8 Å². The number of aromatic amines is 1. The van der Waals surface area contributed by atoms with Gasteiger partial charge in [-0.2, -0.15) is 5.09 Å². The lowest BCUT2D eigenvalue weighted by Crippen LogP contribution is -2.50. The molecule has 3 aromatic rings. The number of carbonyl (C=O) groups excluding carboxylic acids is 2. The number of nitrogens with zero attached hydrogens (tertiary/aromatic N) is 1. The summed E-state index contributed by atoms with van der Waals surface area (Å²) in [5, 5.41) is 6.05. The number of H-pyrrole nitrogens is 1.